The van der Waals surface area contributed by atoms with Crippen molar-refractivity contribution in [2.24, 2.45) is 0 Å². The highest BCUT2D eigenvalue weighted by Gasteiger charge is 2.25. The van der Waals surface area contributed by atoms with Gasteiger partial charge in [-0.1, -0.05) is 0 Å². The Morgan fingerprint density at radius 3 is 1.77 bits per heavy atom. The third-order valence-electron chi connectivity index (χ3n) is 4.96. The molecule has 0 atom stereocenters. The van der Waals surface area contributed by atoms with Crippen molar-refractivity contribution in [3.8, 4) is 39.9 Å². The summed E-state index contributed by atoms with van der Waals surface area (Å²) in [6.45, 7) is 0. The Morgan fingerprint density at radius 2 is 1.15 bits per heavy atom. The number of fused-ring (bicyclic) bond motifs is 3. The average Bonchev–Trinajstić information content (AvgIpc) is 2.67. The van der Waals surface area contributed by atoms with E-state index in [0.717, 1.165) is 53.9 Å². The first-order valence-corrected chi connectivity index (χ1v) is 8.75. The predicted molar refractivity (Wildman–Crippen MR) is 101 cm³/mol. The summed E-state index contributed by atoms with van der Waals surface area (Å²) >= 11 is 0. The zero-order valence-corrected chi connectivity index (χ0v) is 16.1. The van der Waals surface area contributed by atoms with Crippen LogP contribution in [0.3, 0.4) is 0 Å². The van der Waals surface area contributed by atoms with Crippen LogP contribution in [0.15, 0.2) is 18.2 Å². The van der Waals surface area contributed by atoms with E-state index in [1.165, 1.54) is 5.56 Å². The van der Waals surface area contributed by atoms with E-state index in [2.05, 4.69) is 6.07 Å². The molecule has 5 nitrogen and oxygen atoms in total. The summed E-state index contributed by atoms with van der Waals surface area (Å²) < 4.78 is 27.9. The average molecular weight is 358 g/mol. The molecule has 0 N–H and O–H groups in total. The monoisotopic (exact) mass is 358 g/mol. The maximum atomic E-state index is 5.73. The van der Waals surface area contributed by atoms with Crippen LogP contribution < -0.4 is 23.7 Å². The molecule has 26 heavy (non-hydrogen) atoms. The number of ether oxygens (including phenoxy) is 5. The van der Waals surface area contributed by atoms with Gasteiger partial charge >= 0.3 is 0 Å². The molecule has 0 fully saturated rings. The molecule has 1 aliphatic carbocycles. The molecule has 0 saturated heterocycles. The van der Waals surface area contributed by atoms with E-state index in [4.69, 9.17) is 23.7 Å². The molecule has 140 valence electrons. The lowest BCUT2D eigenvalue weighted by atomic mass is 9.86. The van der Waals surface area contributed by atoms with Crippen LogP contribution in [-0.2, 0) is 12.8 Å². The normalized spacial score (nSPS) is 13.0. The standard InChI is InChI=1S/C21H26O5/c1-22-17-10-13-8-6-7-9-14-16(15(13)11-18(17)23-2)12-19(24-3)21(26-5)20(14)25-4/h10-12H,6-9H2,1-5H3. The van der Waals surface area contributed by atoms with E-state index in [-0.39, 0.29) is 0 Å². The Hall–Kier alpha value is -2.56. The van der Waals surface area contributed by atoms with Crippen molar-refractivity contribution in [3.05, 3.63) is 29.3 Å². The van der Waals surface area contributed by atoms with Gasteiger partial charge in [0.05, 0.1) is 35.5 Å². The first kappa shape index (κ1) is 18.2. The van der Waals surface area contributed by atoms with Gasteiger partial charge in [-0.05, 0) is 60.6 Å². The van der Waals surface area contributed by atoms with Crippen molar-refractivity contribution in [3.63, 3.8) is 0 Å². The van der Waals surface area contributed by atoms with Gasteiger partial charge in [-0.25, -0.2) is 0 Å². The Bertz CT molecular complexity index is 798. The fourth-order valence-corrected chi connectivity index (χ4v) is 3.70. The lowest BCUT2D eigenvalue weighted by Crippen LogP contribution is -2.06. The Balaban J connectivity index is 2.33. The molecule has 2 aromatic carbocycles. The van der Waals surface area contributed by atoms with E-state index in [1.807, 2.05) is 12.1 Å². The van der Waals surface area contributed by atoms with Crippen LogP contribution >= 0.6 is 0 Å². The molecule has 0 unspecified atom stereocenters. The summed E-state index contributed by atoms with van der Waals surface area (Å²) in [5.74, 6) is 3.50. The van der Waals surface area contributed by atoms with E-state index < -0.39 is 0 Å². The van der Waals surface area contributed by atoms with Gasteiger partial charge in [-0.2, -0.15) is 0 Å². The van der Waals surface area contributed by atoms with E-state index >= 15 is 0 Å². The molecule has 2 aromatic rings. The zero-order valence-electron chi connectivity index (χ0n) is 16.1. The quantitative estimate of drug-likeness (QED) is 0.798. The third kappa shape index (κ3) is 3.02. The van der Waals surface area contributed by atoms with E-state index in [0.29, 0.717) is 17.2 Å². The molecule has 0 bridgehead atoms. The molecule has 0 radical (unpaired) electrons. The molecule has 0 aromatic heterocycles. The summed E-state index contributed by atoms with van der Waals surface area (Å²) in [6, 6.07) is 6.16. The fourth-order valence-electron chi connectivity index (χ4n) is 3.70. The van der Waals surface area contributed by atoms with Crippen molar-refractivity contribution in [2.75, 3.05) is 35.5 Å². The smallest absolute Gasteiger partial charge is 0.203 e. The van der Waals surface area contributed by atoms with Gasteiger partial charge in [0, 0.05) is 5.56 Å². The van der Waals surface area contributed by atoms with Gasteiger partial charge in [-0.3, -0.25) is 0 Å². The third-order valence-corrected chi connectivity index (χ3v) is 4.96. The lowest BCUT2D eigenvalue weighted by Gasteiger charge is -2.24. The zero-order chi connectivity index (χ0) is 18.7. The highest BCUT2D eigenvalue weighted by atomic mass is 16.5. The van der Waals surface area contributed by atoms with Crippen LogP contribution in [0.2, 0.25) is 0 Å². The van der Waals surface area contributed by atoms with Crippen molar-refractivity contribution < 1.29 is 23.7 Å². The minimum absolute atomic E-state index is 0.636. The summed E-state index contributed by atoms with van der Waals surface area (Å²) in [6.07, 6.45) is 4.09. The van der Waals surface area contributed by atoms with Crippen LogP contribution in [0.5, 0.6) is 28.7 Å². The largest absolute Gasteiger partial charge is 0.493 e. The highest BCUT2D eigenvalue weighted by Crippen LogP contribution is 2.48. The van der Waals surface area contributed by atoms with Crippen LogP contribution in [0.4, 0.5) is 0 Å². The Labute approximate surface area is 154 Å². The first-order chi connectivity index (χ1) is 12.7. The highest BCUT2D eigenvalue weighted by molar-refractivity contribution is 5.80. The molecule has 5 heteroatoms. The maximum Gasteiger partial charge on any atom is 0.203 e. The second kappa shape index (κ2) is 7.77. The molecular formula is C21H26O5. The second-order valence-corrected chi connectivity index (χ2v) is 6.24. The SMILES string of the molecule is COc1cc2c(cc1OC)-c1cc(OC)c(OC)c(OC)c1CCCC2. The Morgan fingerprint density at radius 1 is 0.577 bits per heavy atom. The van der Waals surface area contributed by atoms with Crippen molar-refractivity contribution in [1.82, 2.24) is 0 Å². The summed E-state index contributed by atoms with van der Waals surface area (Å²) in [5, 5.41) is 0. The molecular weight excluding hydrogens is 332 g/mol. The first-order valence-electron chi connectivity index (χ1n) is 8.75. The van der Waals surface area contributed by atoms with Gasteiger partial charge in [-0.15, -0.1) is 0 Å². The van der Waals surface area contributed by atoms with Gasteiger partial charge in [0.25, 0.3) is 0 Å². The molecule has 0 saturated carbocycles. The van der Waals surface area contributed by atoms with Gasteiger partial charge in [0.15, 0.2) is 23.0 Å². The predicted octanol–water partition coefficient (Wildman–Crippen LogP) is 4.28. The molecule has 0 heterocycles. The topological polar surface area (TPSA) is 46.2 Å². The minimum Gasteiger partial charge on any atom is -0.493 e. The number of hydrogen-bond acceptors (Lipinski definition) is 5. The number of methoxy groups -OCH3 is 5. The van der Waals surface area contributed by atoms with Gasteiger partial charge < -0.3 is 23.7 Å². The van der Waals surface area contributed by atoms with Crippen molar-refractivity contribution in [1.29, 1.82) is 0 Å². The van der Waals surface area contributed by atoms with Crippen molar-refractivity contribution >= 4 is 0 Å². The number of hydrogen-bond donors (Lipinski definition) is 0. The molecule has 1 aliphatic rings. The summed E-state index contributed by atoms with van der Waals surface area (Å²) in [5.41, 5.74) is 4.59. The van der Waals surface area contributed by atoms with Gasteiger partial charge in [0.2, 0.25) is 5.75 Å². The lowest BCUT2D eigenvalue weighted by molar-refractivity contribution is 0.322. The molecule has 0 amide bonds. The van der Waals surface area contributed by atoms with Crippen LogP contribution in [0, 0.1) is 0 Å². The number of rotatable bonds is 5. The fraction of sp³-hybridized carbons (Fsp3) is 0.429. The number of aryl methyl sites for hydroxylation is 1. The number of benzene rings is 2. The van der Waals surface area contributed by atoms with Crippen LogP contribution in [-0.4, -0.2) is 35.5 Å². The van der Waals surface area contributed by atoms with Gasteiger partial charge in [0.1, 0.15) is 0 Å². The summed E-state index contributed by atoms with van der Waals surface area (Å²) in [7, 11) is 8.27. The molecule has 3 rings (SSSR count). The second-order valence-electron chi connectivity index (χ2n) is 6.24. The maximum absolute atomic E-state index is 5.73. The minimum atomic E-state index is 0.636. The van der Waals surface area contributed by atoms with Crippen LogP contribution in [0.25, 0.3) is 11.1 Å². The Kier molecular flexibility index (Phi) is 5.45. The molecule has 0 spiro atoms. The van der Waals surface area contributed by atoms with E-state index in [1.54, 1.807) is 35.5 Å². The molecule has 0 aliphatic heterocycles. The van der Waals surface area contributed by atoms with Crippen molar-refractivity contribution in [2.45, 2.75) is 25.7 Å². The van der Waals surface area contributed by atoms with E-state index in [9.17, 15) is 0 Å². The van der Waals surface area contributed by atoms with Crippen LogP contribution in [0.1, 0.15) is 24.0 Å². The summed E-state index contributed by atoms with van der Waals surface area (Å²) in [4.78, 5) is 0.